The van der Waals surface area contributed by atoms with E-state index in [1.807, 2.05) is 37.3 Å². The van der Waals surface area contributed by atoms with Crippen LogP contribution in [0.25, 0.3) is 0 Å². The zero-order valence-electron chi connectivity index (χ0n) is 12.1. The molecule has 0 aromatic heterocycles. The summed E-state index contributed by atoms with van der Waals surface area (Å²) in [5.74, 6) is -0.340. The van der Waals surface area contributed by atoms with Crippen LogP contribution in [0.3, 0.4) is 0 Å². The van der Waals surface area contributed by atoms with E-state index in [1.165, 1.54) is 0 Å². The van der Waals surface area contributed by atoms with Crippen molar-refractivity contribution < 1.29 is 9.59 Å². The first-order valence-corrected chi connectivity index (χ1v) is 6.85. The van der Waals surface area contributed by atoms with E-state index in [0.717, 1.165) is 5.56 Å². The Morgan fingerprint density at radius 2 is 1.85 bits per heavy atom. The second-order valence-corrected chi connectivity index (χ2v) is 5.01. The Labute approximate surface area is 119 Å². The summed E-state index contributed by atoms with van der Waals surface area (Å²) in [4.78, 5) is 23.4. The van der Waals surface area contributed by atoms with E-state index in [-0.39, 0.29) is 17.9 Å². The standard InChI is InChI=1S/C15H23N3O2/c1-11(16)8-9-14(19)18-12(2)15(20)17-10-13-6-4-3-5-7-13/h3-7,11-12H,8-10,16H2,1-2H3,(H,17,20)(H,18,19). The third-order valence-electron chi connectivity index (χ3n) is 2.91. The maximum absolute atomic E-state index is 11.8. The van der Waals surface area contributed by atoms with Crippen molar-refractivity contribution in [1.29, 1.82) is 0 Å². The van der Waals surface area contributed by atoms with Crippen LogP contribution in [0, 0.1) is 0 Å². The molecule has 0 spiro atoms. The van der Waals surface area contributed by atoms with Crippen molar-refractivity contribution in [2.75, 3.05) is 0 Å². The summed E-state index contributed by atoms with van der Waals surface area (Å²) in [6, 6.07) is 9.08. The van der Waals surface area contributed by atoms with Crippen molar-refractivity contribution >= 4 is 11.8 Å². The highest BCUT2D eigenvalue weighted by Gasteiger charge is 2.15. The van der Waals surface area contributed by atoms with E-state index in [2.05, 4.69) is 10.6 Å². The van der Waals surface area contributed by atoms with E-state index in [0.29, 0.717) is 19.4 Å². The lowest BCUT2D eigenvalue weighted by Gasteiger charge is -2.14. The van der Waals surface area contributed by atoms with Gasteiger partial charge in [0.2, 0.25) is 11.8 Å². The number of benzene rings is 1. The van der Waals surface area contributed by atoms with Crippen LogP contribution in [0.1, 0.15) is 32.3 Å². The third-order valence-corrected chi connectivity index (χ3v) is 2.91. The summed E-state index contributed by atoms with van der Waals surface area (Å²) in [6.45, 7) is 3.98. The monoisotopic (exact) mass is 277 g/mol. The van der Waals surface area contributed by atoms with Gasteiger partial charge in [0.15, 0.2) is 0 Å². The molecule has 5 nitrogen and oxygen atoms in total. The first kappa shape index (κ1) is 16.2. The van der Waals surface area contributed by atoms with Crippen molar-refractivity contribution in [3.8, 4) is 0 Å². The molecule has 110 valence electrons. The maximum Gasteiger partial charge on any atom is 0.242 e. The van der Waals surface area contributed by atoms with Gasteiger partial charge >= 0.3 is 0 Å². The van der Waals surface area contributed by atoms with Crippen LogP contribution in [0.2, 0.25) is 0 Å². The fourth-order valence-corrected chi connectivity index (χ4v) is 1.68. The minimum atomic E-state index is -0.542. The number of nitrogens with one attached hydrogen (secondary N) is 2. The molecule has 0 heterocycles. The summed E-state index contributed by atoms with van der Waals surface area (Å²) >= 11 is 0. The molecule has 1 aromatic rings. The lowest BCUT2D eigenvalue weighted by atomic mass is 10.2. The van der Waals surface area contributed by atoms with E-state index in [1.54, 1.807) is 6.92 Å². The molecular formula is C15H23N3O2. The van der Waals surface area contributed by atoms with Gasteiger partial charge in [-0.3, -0.25) is 9.59 Å². The Morgan fingerprint density at radius 3 is 2.45 bits per heavy atom. The lowest BCUT2D eigenvalue weighted by molar-refractivity contribution is -0.128. The molecule has 1 rings (SSSR count). The molecule has 5 heteroatoms. The third kappa shape index (κ3) is 6.33. The largest absolute Gasteiger partial charge is 0.350 e. The molecule has 4 N–H and O–H groups in total. The van der Waals surface area contributed by atoms with Gasteiger partial charge in [-0.05, 0) is 25.8 Å². The van der Waals surface area contributed by atoms with Crippen LogP contribution >= 0.6 is 0 Å². The highest BCUT2D eigenvalue weighted by Crippen LogP contribution is 1.98. The molecule has 1 aromatic carbocycles. The number of amides is 2. The fourth-order valence-electron chi connectivity index (χ4n) is 1.68. The van der Waals surface area contributed by atoms with Gasteiger partial charge in [-0.25, -0.2) is 0 Å². The van der Waals surface area contributed by atoms with Crippen LogP contribution < -0.4 is 16.4 Å². The van der Waals surface area contributed by atoms with Gasteiger partial charge in [0.05, 0.1) is 0 Å². The van der Waals surface area contributed by atoms with Crippen LogP contribution in [0.15, 0.2) is 30.3 Å². The summed E-state index contributed by atoms with van der Waals surface area (Å²) in [5.41, 5.74) is 6.61. The summed E-state index contributed by atoms with van der Waals surface area (Å²) in [7, 11) is 0. The van der Waals surface area contributed by atoms with Crippen LogP contribution in [0.5, 0.6) is 0 Å². The quantitative estimate of drug-likeness (QED) is 0.693. The Kier molecular flexibility index (Phi) is 6.73. The number of hydrogen-bond acceptors (Lipinski definition) is 3. The van der Waals surface area contributed by atoms with Crippen molar-refractivity contribution in [3.05, 3.63) is 35.9 Å². The van der Waals surface area contributed by atoms with Crippen LogP contribution in [0.4, 0.5) is 0 Å². The Bertz CT molecular complexity index is 432. The molecule has 0 aliphatic heterocycles. The van der Waals surface area contributed by atoms with E-state index >= 15 is 0 Å². The minimum absolute atomic E-state index is 0.0111. The van der Waals surface area contributed by atoms with E-state index < -0.39 is 6.04 Å². The zero-order valence-corrected chi connectivity index (χ0v) is 12.1. The number of carbonyl (C=O) groups excluding carboxylic acids is 2. The van der Waals surface area contributed by atoms with Crippen molar-refractivity contribution in [1.82, 2.24) is 10.6 Å². The molecule has 2 atom stereocenters. The van der Waals surface area contributed by atoms with Crippen molar-refractivity contribution in [2.24, 2.45) is 5.73 Å². The molecular weight excluding hydrogens is 254 g/mol. The fraction of sp³-hybridized carbons (Fsp3) is 0.467. The molecule has 2 unspecified atom stereocenters. The lowest BCUT2D eigenvalue weighted by Crippen LogP contribution is -2.44. The van der Waals surface area contributed by atoms with Gasteiger partial charge in [-0.15, -0.1) is 0 Å². The predicted octanol–water partition coefficient (Wildman–Crippen LogP) is 0.935. The number of carbonyl (C=O) groups is 2. The van der Waals surface area contributed by atoms with Gasteiger partial charge < -0.3 is 16.4 Å². The van der Waals surface area contributed by atoms with Crippen LogP contribution in [-0.2, 0) is 16.1 Å². The second-order valence-electron chi connectivity index (χ2n) is 5.01. The number of nitrogens with two attached hydrogens (primary N) is 1. The van der Waals surface area contributed by atoms with Gasteiger partial charge in [-0.1, -0.05) is 30.3 Å². The topological polar surface area (TPSA) is 84.2 Å². The van der Waals surface area contributed by atoms with Gasteiger partial charge in [0.1, 0.15) is 6.04 Å². The van der Waals surface area contributed by atoms with E-state index in [9.17, 15) is 9.59 Å². The molecule has 0 fully saturated rings. The second kappa shape index (κ2) is 8.32. The highest BCUT2D eigenvalue weighted by molar-refractivity contribution is 5.87. The molecule has 0 saturated heterocycles. The van der Waals surface area contributed by atoms with Gasteiger partial charge in [-0.2, -0.15) is 0 Å². The molecule has 2 amide bonds. The first-order chi connectivity index (χ1) is 9.49. The zero-order chi connectivity index (χ0) is 15.0. The summed E-state index contributed by atoms with van der Waals surface area (Å²) < 4.78 is 0. The molecule has 0 aliphatic rings. The summed E-state index contributed by atoms with van der Waals surface area (Å²) in [6.07, 6.45) is 0.957. The Hall–Kier alpha value is -1.88. The highest BCUT2D eigenvalue weighted by atomic mass is 16.2. The minimum Gasteiger partial charge on any atom is -0.350 e. The normalized spacial score (nSPS) is 13.3. The van der Waals surface area contributed by atoms with Gasteiger partial charge in [0.25, 0.3) is 0 Å². The van der Waals surface area contributed by atoms with Crippen molar-refractivity contribution in [2.45, 2.75) is 45.3 Å². The van der Waals surface area contributed by atoms with E-state index in [4.69, 9.17) is 5.73 Å². The molecule has 0 saturated carbocycles. The molecule has 0 bridgehead atoms. The first-order valence-electron chi connectivity index (χ1n) is 6.85. The average Bonchev–Trinajstić information content (AvgIpc) is 2.43. The average molecular weight is 277 g/mol. The summed E-state index contributed by atoms with van der Waals surface area (Å²) in [5, 5.41) is 5.46. The van der Waals surface area contributed by atoms with Crippen LogP contribution in [-0.4, -0.2) is 23.9 Å². The Morgan fingerprint density at radius 1 is 1.20 bits per heavy atom. The number of rotatable bonds is 7. The maximum atomic E-state index is 11.8. The number of hydrogen-bond donors (Lipinski definition) is 3. The smallest absolute Gasteiger partial charge is 0.242 e. The Balaban J connectivity index is 2.30. The molecule has 0 radical (unpaired) electrons. The molecule has 20 heavy (non-hydrogen) atoms. The molecule has 0 aliphatic carbocycles. The SMILES string of the molecule is CC(N)CCC(=O)NC(C)C(=O)NCc1ccccc1. The predicted molar refractivity (Wildman–Crippen MR) is 78.8 cm³/mol. The van der Waals surface area contributed by atoms with Crippen molar-refractivity contribution in [3.63, 3.8) is 0 Å². The van der Waals surface area contributed by atoms with Gasteiger partial charge in [0, 0.05) is 19.0 Å².